The van der Waals surface area contributed by atoms with Crippen molar-refractivity contribution in [1.29, 1.82) is 0 Å². The Balaban J connectivity index is 1.57. The highest BCUT2D eigenvalue weighted by molar-refractivity contribution is 6.04. The molecule has 2 aromatic carbocycles. The Hall–Kier alpha value is -4.59. The van der Waals surface area contributed by atoms with Crippen LogP contribution in [0.3, 0.4) is 0 Å². The van der Waals surface area contributed by atoms with Gasteiger partial charge in [0.05, 0.1) is 0 Å². The molecule has 0 saturated heterocycles. The maximum absolute atomic E-state index is 12.4. The van der Waals surface area contributed by atoms with Gasteiger partial charge in [-0.05, 0) is 35.9 Å². The van der Waals surface area contributed by atoms with E-state index < -0.39 is 5.91 Å². The summed E-state index contributed by atoms with van der Waals surface area (Å²) in [6.07, 6.45) is 4.68. The standard InChI is InChI=1S/C23H18N6O2/c30-20(15-14-17-9-3-1-4-10-17)25-23-27-22(26-21(31)18-11-5-2-6-12-18)28-29(23)19-13-7-8-16-24-19/h1-16H,(H2,25,26,27,28,30,31)/b15-14+. The lowest BCUT2D eigenvalue weighted by molar-refractivity contribution is -0.111. The van der Waals surface area contributed by atoms with Crippen LogP contribution in [-0.4, -0.2) is 31.6 Å². The van der Waals surface area contributed by atoms with Crippen LogP contribution in [0.2, 0.25) is 0 Å². The fourth-order valence-corrected chi connectivity index (χ4v) is 2.74. The maximum atomic E-state index is 12.4. The van der Waals surface area contributed by atoms with Crippen LogP contribution in [-0.2, 0) is 4.79 Å². The number of pyridine rings is 1. The van der Waals surface area contributed by atoms with Crippen LogP contribution in [0.4, 0.5) is 11.9 Å². The van der Waals surface area contributed by atoms with Crippen LogP contribution >= 0.6 is 0 Å². The van der Waals surface area contributed by atoms with Crippen molar-refractivity contribution in [3.05, 3.63) is 102 Å². The molecule has 4 aromatic rings. The zero-order valence-electron chi connectivity index (χ0n) is 16.3. The minimum atomic E-state index is -0.394. The third-order valence-electron chi connectivity index (χ3n) is 4.20. The van der Waals surface area contributed by atoms with Gasteiger partial charge in [0.25, 0.3) is 17.8 Å². The highest BCUT2D eigenvalue weighted by Crippen LogP contribution is 2.15. The van der Waals surface area contributed by atoms with E-state index in [1.165, 1.54) is 10.8 Å². The molecule has 0 spiro atoms. The van der Waals surface area contributed by atoms with Crippen molar-refractivity contribution in [2.75, 3.05) is 10.6 Å². The van der Waals surface area contributed by atoms with E-state index in [1.807, 2.05) is 36.4 Å². The van der Waals surface area contributed by atoms with Crippen LogP contribution in [0, 0.1) is 0 Å². The van der Waals surface area contributed by atoms with E-state index in [0.29, 0.717) is 11.4 Å². The number of nitrogens with zero attached hydrogens (tertiary/aromatic N) is 4. The van der Waals surface area contributed by atoms with Crippen LogP contribution in [0.1, 0.15) is 15.9 Å². The highest BCUT2D eigenvalue weighted by atomic mass is 16.2. The Labute approximate surface area is 178 Å². The normalized spacial score (nSPS) is 10.7. The number of anilines is 2. The molecule has 152 valence electrons. The molecule has 0 fully saturated rings. The van der Waals surface area contributed by atoms with Gasteiger partial charge in [-0.2, -0.15) is 9.67 Å². The molecular weight excluding hydrogens is 392 g/mol. The van der Waals surface area contributed by atoms with Crippen molar-refractivity contribution >= 4 is 29.8 Å². The van der Waals surface area contributed by atoms with Gasteiger partial charge in [-0.1, -0.05) is 54.6 Å². The zero-order valence-corrected chi connectivity index (χ0v) is 16.3. The van der Waals surface area contributed by atoms with Gasteiger partial charge in [0, 0.05) is 17.8 Å². The van der Waals surface area contributed by atoms with E-state index in [4.69, 9.17) is 0 Å². The second kappa shape index (κ2) is 9.27. The molecule has 0 unspecified atom stereocenters. The average molecular weight is 410 g/mol. The monoisotopic (exact) mass is 410 g/mol. The summed E-state index contributed by atoms with van der Waals surface area (Å²) in [5.74, 6) is -0.140. The first-order valence-electron chi connectivity index (χ1n) is 9.48. The number of benzene rings is 2. The predicted molar refractivity (Wildman–Crippen MR) is 118 cm³/mol. The molecule has 2 N–H and O–H groups in total. The first-order chi connectivity index (χ1) is 15.2. The highest BCUT2D eigenvalue weighted by Gasteiger charge is 2.16. The quantitative estimate of drug-likeness (QED) is 0.473. The summed E-state index contributed by atoms with van der Waals surface area (Å²) >= 11 is 0. The number of hydrogen-bond acceptors (Lipinski definition) is 5. The third-order valence-corrected chi connectivity index (χ3v) is 4.20. The molecule has 0 saturated carbocycles. The Morgan fingerprint density at radius 2 is 1.55 bits per heavy atom. The van der Waals surface area contributed by atoms with Crippen LogP contribution in [0.15, 0.2) is 91.1 Å². The molecule has 8 heteroatoms. The average Bonchev–Trinajstić information content (AvgIpc) is 3.21. The topological polar surface area (TPSA) is 102 Å². The first kappa shape index (κ1) is 19.7. The Morgan fingerprint density at radius 3 is 2.26 bits per heavy atom. The molecule has 0 aliphatic carbocycles. The summed E-state index contributed by atoms with van der Waals surface area (Å²) in [4.78, 5) is 33.4. The summed E-state index contributed by atoms with van der Waals surface area (Å²) in [6.45, 7) is 0. The Morgan fingerprint density at radius 1 is 0.839 bits per heavy atom. The summed E-state index contributed by atoms with van der Waals surface area (Å²) in [7, 11) is 0. The molecule has 0 bridgehead atoms. The largest absolute Gasteiger partial charge is 0.291 e. The number of amides is 2. The van der Waals surface area contributed by atoms with Gasteiger partial charge in [-0.25, -0.2) is 4.98 Å². The van der Waals surface area contributed by atoms with Gasteiger partial charge >= 0.3 is 0 Å². The van der Waals surface area contributed by atoms with Gasteiger partial charge < -0.3 is 0 Å². The van der Waals surface area contributed by atoms with E-state index >= 15 is 0 Å². The minimum Gasteiger partial charge on any atom is -0.291 e. The van der Waals surface area contributed by atoms with Gasteiger partial charge in [0.1, 0.15) is 0 Å². The van der Waals surface area contributed by atoms with Crippen molar-refractivity contribution in [1.82, 2.24) is 19.7 Å². The van der Waals surface area contributed by atoms with E-state index in [2.05, 4.69) is 25.7 Å². The zero-order chi connectivity index (χ0) is 21.5. The van der Waals surface area contributed by atoms with Crippen molar-refractivity contribution in [2.45, 2.75) is 0 Å². The van der Waals surface area contributed by atoms with Gasteiger partial charge in [-0.15, -0.1) is 5.10 Å². The summed E-state index contributed by atoms with van der Waals surface area (Å²) in [5.41, 5.74) is 1.35. The molecule has 0 atom stereocenters. The number of nitrogens with one attached hydrogen (secondary N) is 2. The van der Waals surface area contributed by atoms with Crippen LogP contribution < -0.4 is 10.6 Å². The van der Waals surface area contributed by atoms with E-state index in [0.717, 1.165) is 5.56 Å². The molecule has 31 heavy (non-hydrogen) atoms. The number of carbonyl (C=O) groups excluding carboxylic acids is 2. The smallest absolute Gasteiger partial charge is 0.258 e. The second-order valence-corrected chi connectivity index (χ2v) is 6.41. The number of hydrogen-bond donors (Lipinski definition) is 2. The third kappa shape index (κ3) is 5.07. The first-order valence-corrected chi connectivity index (χ1v) is 9.48. The van der Waals surface area contributed by atoms with Gasteiger partial charge in [-0.3, -0.25) is 20.2 Å². The molecule has 2 aromatic heterocycles. The van der Waals surface area contributed by atoms with E-state index in [9.17, 15) is 9.59 Å². The summed E-state index contributed by atoms with van der Waals surface area (Å²) in [6, 6.07) is 23.4. The van der Waals surface area contributed by atoms with Crippen molar-refractivity contribution < 1.29 is 9.59 Å². The maximum Gasteiger partial charge on any atom is 0.258 e. The number of carbonyl (C=O) groups is 2. The molecular formula is C23H18N6O2. The lowest BCUT2D eigenvalue weighted by Crippen LogP contribution is -2.13. The molecule has 2 heterocycles. The summed E-state index contributed by atoms with van der Waals surface area (Å²) < 4.78 is 1.36. The molecule has 0 radical (unpaired) electrons. The molecule has 0 aliphatic rings. The van der Waals surface area contributed by atoms with Crippen LogP contribution in [0.25, 0.3) is 11.9 Å². The van der Waals surface area contributed by atoms with E-state index in [1.54, 1.807) is 54.7 Å². The Kier molecular flexibility index (Phi) is 5.90. The Bertz CT molecular complexity index is 1200. The fourth-order valence-electron chi connectivity index (χ4n) is 2.74. The molecule has 0 aliphatic heterocycles. The van der Waals surface area contributed by atoms with E-state index in [-0.39, 0.29) is 17.8 Å². The predicted octanol–water partition coefficient (Wildman–Crippen LogP) is 3.57. The summed E-state index contributed by atoms with van der Waals surface area (Å²) in [5, 5.41) is 9.62. The van der Waals surface area contributed by atoms with Crippen molar-refractivity contribution in [3.63, 3.8) is 0 Å². The van der Waals surface area contributed by atoms with Crippen molar-refractivity contribution in [3.8, 4) is 5.82 Å². The molecule has 2 amide bonds. The SMILES string of the molecule is O=C(/C=C/c1ccccc1)Nc1nc(NC(=O)c2ccccc2)nn1-c1ccccn1. The minimum absolute atomic E-state index is 0.0434. The molecule has 8 nitrogen and oxygen atoms in total. The second-order valence-electron chi connectivity index (χ2n) is 6.41. The molecule has 4 rings (SSSR count). The van der Waals surface area contributed by atoms with Gasteiger partial charge in [0.15, 0.2) is 5.82 Å². The number of rotatable bonds is 6. The lowest BCUT2D eigenvalue weighted by Gasteiger charge is -2.04. The van der Waals surface area contributed by atoms with Gasteiger partial charge in [0.2, 0.25) is 5.95 Å². The van der Waals surface area contributed by atoms with Crippen LogP contribution in [0.5, 0.6) is 0 Å². The van der Waals surface area contributed by atoms with Crippen molar-refractivity contribution in [2.24, 2.45) is 0 Å². The fraction of sp³-hybridized carbons (Fsp3) is 0. The number of aromatic nitrogens is 4. The lowest BCUT2D eigenvalue weighted by atomic mass is 10.2.